The highest BCUT2D eigenvalue weighted by molar-refractivity contribution is 7.80. The van der Waals surface area contributed by atoms with Crippen LogP contribution in [-0.2, 0) is 16.1 Å². The number of carboxylic acids is 1. The Balaban J connectivity index is 2.29. The van der Waals surface area contributed by atoms with Gasteiger partial charge in [-0.2, -0.15) is 0 Å². The van der Waals surface area contributed by atoms with Gasteiger partial charge in [0.05, 0.1) is 19.3 Å². The lowest BCUT2D eigenvalue weighted by Crippen LogP contribution is -2.47. The Morgan fingerprint density at radius 2 is 1.84 bits per heavy atom. The Morgan fingerprint density at radius 3 is 2.41 bits per heavy atom. The monoisotopic (exact) mass is 458 g/mol. The minimum absolute atomic E-state index is 0.157. The lowest BCUT2D eigenvalue weighted by atomic mass is 10.0. The fraction of sp³-hybridized carbons (Fsp3) is 0.375. The number of thiocarbonyl (C=S) groups is 1. The number of ether oxygens (including phenoxy) is 2. The molecule has 0 aliphatic carbocycles. The standard InChI is InChI=1S/C24H30N2O5S/c1-5-31-23(29)18-11-9-17(10-12-18)15-26(21(22(27)28)13-16(2)3)24(32)25-19-7-6-8-20(14-19)30-4/h6-12,14,16,21H,5,13,15H2,1-4H3,(H,25,32)(H,27,28)/t21-/m0/s1. The average molecular weight is 459 g/mol. The molecule has 0 saturated carbocycles. The van der Waals surface area contributed by atoms with Crippen molar-refractivity contribution in [2.45, 2.75) is 39.8 Å². The van der Waals surface area contributed by atoms with E-state index in [0.29, 0.717) is 35.1 Å². The van der Waals surface area contributed by atoms with Crippen LogP contribution in [-0.4, -0.2) is 46.8 Å². The van der Waals surface area contributed by atoms with E-state index in [2.05, 4.69) is 5.32 Å². The van der Waals surface area contributed by atoms with Crippen LogP contribution in [0.1, 0.15) is 43.1 Å². The highest BCUT2D eigenvalue weighted by Crippen LogP contribution is 2.21. The van der Waals surface area contributed by atoms with Crippen molar-refractivity contribution in [2.75, 3.05) is 19.0 Å². The Kier molecular flexibility index (Phi) is 9.46. The number of nitrogens with one attached hydrogen (secondary N) is 1. The zero-order valence-corrected chi connectivity index (χ0v) is 19.6. The van der Waals surface area contributed by atoms with Crippen LogP contribution in [0.15, 0.2) is 48.5 Å². The number of benzene rings is 2. The van der Waals surface area contributed by atoms with Gasteiger partial charge in [0.1, 0.15) is 11.8 Å². The molecule has 0 aromatic heterocycles. The number of aliphatic carboxylic acids is 1. The molecule has 2 rings (SSSR count). The third-order valence-electron chi connectivity index (χ3n) is 4.76. The maximum atomic E-state index is 12.1. The van der Waals surface area contributed by atoms with Crippen LogP contribution in [0.4, 0.5) is 5.69 Å². The van der Waals surface area contributed by atoms with E-state index in [4.69, 9.17) is 21.7 Å². The highest BCUT2D eigenvalue weighted by atomic mass is 32.1. The SMILES string of the molecule is CCOC(=O)c1ccc(CN(C(=S)Nc2cccc(OC)c2)[C@@H](CC(C)C)C(=O)O)cc1. The maximum Gasteiger partial charge on any atom is 0.338 e. The first kappa shape index (κ1) is 25.1. The second-order valence-corrected chi connectivity index (χ2v) is 8.08. The van der Waals surface area contributed by atoms with Gasteiger partial charge in [0, 0.05) is 18.3 Å². The zero-order chi connectivity index (χ0) is 23.7. The van der Waals surface area contributed by atoms with Crippen LogP contribution in [0.2, 0.25) is 0 Å². The summed E-state index contributed by atoms with van der Waals surface area (Å²) in [5.74, 6) is -0.522. The number of hydrogen-bond donors (Lipinski definition) is 2. The predicted octanol–water partition coefficient (Wildman–Crippen LogP) is 4.57. The number of carbonyl (C=O) groups is 2. The molecule has 32 heavy (non-hydrogen) atoms. The average Bonchev–Trinajstić information content (AvgIpc) is 2.76. The van der Waals surface area contributed by atoms with Crippen molar-refractivity contribution in [1.29, 1.82) is 0 Å². The molecule has 8 heteroatoms. The summed E-state index contributed by atoms with van der Waals surface area (Å²) in [6, 6.07) is 13.3. The summed E-state index contributed by atoms with van der Waals surface area (Å²) in [4.78, 5) is 25.7. The summed E-state index contributed by atoms with van der Waals surface area (Å²) in [5, 5.41) is 13.4. The van der Waals surface area contributed by atoms with E-state index in [-0.39, 0.29) is 12.5 Å². The first-order chi connectivity index (χ1) is 15.2. The van der Waals surface area contributed by atoms with E-state index in [9.17, 15) is 14.7 Å². The largest absolute Gasteiger partial charge is 0.497 e. The fourth-order valence-electron chi connectivity index (χ4n) is 3.18. The molecule has 1 atom stereocenters. The normalized spacial score (nSPS) is 11.5. The van der Waals surface area contributed by atoms with Gasteiger partial charge in [-0.3, -0.25) is 0 Å². The highest BCUT2D eigenvalue weighted by Gasteiger charge is 2.29. The van der Waals surface area contributed by atoms with Gasteiger partial charge >= 0.3 is 11.9 Å². The van der Waals surface area contributed by atoms with Crippen LogP contribution in [0, 0.1) is 5.92 Å². The van der Waals surface area contributed by atoms with Crippen LogP contribution in [0.3, 0.4) is 0 Å². The summed E-state index contributed by atoms with van der Waals surface area (Å²) in [7, 11) is 1.58. The first-order valence-corrected chi connectivity index (χ1v) is 10.9. The molecule has 0 unspecified atom stereocenters. The number of rotatable bonds is 10. The number of methoxy groups -OCH3 is 1. The number of carboxylic acid groups (broad SMARTS) is 1. The fourth-order valence-corrected chi connectivity index (χ4v) is 3.49. The quantitative estimate of drug-likeness (QED) is 0.395. The molecule has 0 aliphatic rings. The molecule has 0 bridgehead atoms. The molecule has 0 saturated heterocycles. The van der Waals surface area contributed by atoms with Crippen LogP contribution in [0.25, 0.3) is 0 Å². The Morgan fingerprint density at radius 1 is 1.16 bits per heavy atom. The Bertz CT molecular complexity index is 930. The molecule has 2 aromatic carbocycles. The zero-order valence-electron chi connectivity index (χ0n) is 18.8. The van der Waals surface area contributed by atoms with Gasteiger partial charge in [0.15, 0.2) is 5.11 Å². The van der Waals surface area contributed by atoms with E-state index in [1.54, 1.807) is 49.3 Å². The molecule has 0 fully saturated rings. The smallest absolute Gasteiger partial charge is 0.338 e. The van der Waals surface area contributed by atoms with Crippen LogP contribution < -0.4 is 10.1 Å². The summed E-state index contributed by atoms with van der Waals surface area (Å²) in [5.41, 5.74) is 1.96. The Hall–Kier alpha value is -3.13. The summed E-state index contributed by atoms with van der Waals surface area (Å²) < 4.78 is 10.3. The summed E-state index contributed by atoms with van der Waals surface area (Å²) >= 11 is 5.62. The van der Waals surface area contributed by atoms with Gasteiger partial charge in [-0.05, 0) is 61.3 Å². The number of hydrogen-bond acceptors (Lipinski definition) is 5. The molecule has 0 aliphatic heterocycles. The molecule has 0 amide bonds. The van der Waals surface area contributed by atoms with Crippen molar-refractivity contribution in [2.24, 2.45) is 5.92 Å². The van der Waals surface area contributed by atoms with Crippen molar-refractivity contribution in [3.8, 4) is 5.75 Å². The van der Waals surface area contributed by atoms with Crippen LogP contribution >= 0.6 is 12.2 Å². The van der Waals surface area contributed by atoms with Crippen molar-refractivity contribution in [3.05, 3.63) is 59.7 Å². The molecular weight excluding hydrogens is 428 g/mol. The number of anilines is 1. The lowest BCUT2D eigenvalue weighted by Gasteiger charge is -2.32. The molecule has 0 spiro atoms. The van der Waals surface area contributed by atoms with E-state index in [0.717, 1.165) is 5.56 Å². The lowest BCUT2D eigenvalue weighted by molar-refractivity contribution is -0.142. The van der Waals surface area contributed by atoms with Gasteiger partial charge < -0.3 is 24.8 Å². The number of nitrogens with zero attached hydrogens (tertiary/aromatic N) is 1. The molecule has 2 aromatic rings. The molecule has 7 nitrogen and oxygen atoms in total. The summed E-state index contributed by atoms with van der Waals surface area (Å²) in [6.45, 7) is 6.26. The van der Waals surface area contributed by atoms with Gasteiger partial charge in [0.25, 0.3) is 0 Å². The Labute approximate surface area is 194 Å². The molecule has 2 N–H and O–H groups in total. The summed E-state index contributed by atoms with van der Waals surface area (Å²) in [6.07, 6.45) is 0.427. The number of esters is 1. The van der Waals surface area contributed by atoms with Crippen molar-refractivity contribution < 1.29 is 24.2 Å². The third-order valence-corrected chi connectivity index (χ3v) is 5.09. The first-order valence-electron chi connectivity index (χ1n) is 10.5. The third kappa shape index (κ3) is 7.23. The van der Waals surface area contributed by atoms with Crippen LogP contribution in [0.5, 0.6) is 5.75 Å². The van der Waals surface area contributed by atoms with Gasteiger partial charge in [-0.1, -0.05) is 32.0 Å². The van der Waals surface area contributed by atoms with E-state index < -0.39 is 18.0 Å². The van der Waals surface area contributed by atoms with Crippen molar-refractivity contribution in [3.63, 3.8) is 0 Å². The van der Waals surface area contributed by atoms with Crippen molar-refractivity contribution >= 4 is 35.0 Å². The van der Waals surface area contributed by atoms with Crippen molar-refractivity contribution in [1.82, 2.24) is 4.90 Å². The second kappa shape index (κ2) is 12.0. The van der Waals surface area contributed by atoms with E-state index >= 15 is 0 Å². The molecular formula is C24H30N2O5S. The molecule has 0 radical (unpaired) electrons. The topological polar surface area (TPSA) is 88.1 Å². The van der Waals surface area contributed by atoms with E-state index in [1.807, 2.05) is 32.0 Å². The molecule has 172 valence electrons. The second-order valence-electron chi connectivity index (χ2n) is 7.69. The molecule has 0 heterocycles. The number of carbonyl (C=O) groups excluding carboxylic acids is 1. The van der Waals surface area contributed by atoms with Gasteiger partial charge in [-0.25, -0.2) is 9.59 Å². The van der Waals surface area contributed by atoms with Gasteiger partial charge in [0.2, 0.25) is 0 Å². The minimum Gasteiger partial charge on any atom is -0.497 e. The minimum atomic E-state index is -0.948. The maximum absolute atomic E-state index is 12.1. The van der Waals surface area contributed by atoms with Gasteiger partial charge in [-0.15, -0.1) is 0 Å². The van der Waals surface area contributed by atoms with E-state index in [1.165, 1.54) is 0 Å². The predicted molar refractivity (Wildman–Crippen MR) is 128 cm³/mol.